The van der Waals surface area contributed by atoms with Crippen LogP contribution in [0.2, 0.25) is 0 Å². The maximum atomic E-state index is 5.25. The van der Waals surface area contributed by atoms with Gasteiger partial charge in [0.1, 0.15) is 0 Å². The van der Waals surface area contributed by atoms with Gasteiger partial charge in [0.25, 0.3) is 0 Å². The lowest BCUT2D eigenvalue weighted by atomic mass is 9.85. The Morgan fingerprint density at radius 3 is 2.61 bits per heavy atom. The second-order valence-corrected chi connectivity index (χ2v) is 6.43. The Kier molecular flexibility index (Phi) is 4.69. The Labute approximate surface area is 145 Å². The van der Waals surface area contributed by atoms with Crippen LogP contribution in [0.25, 0.3) is 11.6 Å². The minimum absolute atomic E-state index is 0.343. The lowest BCUT2D eigenvalue weighted by molar-refractivity contribution is 0.338. The number of hydrogen-bond donors (Lipinski definition) is 0. The Morgan fingerprint density at radius 2 is 1.87 bits per heavy atom. The summed E-state index contributed by atoms with van der Waals surface area (Å²) in [5, 5.41) is 0. The third-order valence-electron chi connectivity index (χ3n) is 3.84. The Balaban J connectivity index is 1.98. The fraction of sp³-hybridized carbons (Fsp3) is 0.143. The molecule has 0 amide bonds. The van der Waals surface area contributed by atoms with E-state index in [-0.39, 0.29) is 0 Å². The fourth-order valence-corrected chi connectivity index (χ4v) is 3.03. The number of allylic oxidation sites excluding steroid dienone is 2. The first-order valence-corrected chi connectivity index (χ1v) is 8.30. The van der Waals surface area contributed by atoms with Crippen molar-refractivity contribution in [2.75, 3.05) is 7.11 Å². The highest BCUT2D eigenvalue weighted by Crippen LogP contribution is 2.33. The van der Waals surface area contributed by atoms with Gasteiger partial charge < -0.3 is 4.74 Å². The molecule has 0 aromatic heterocycles. The van der Waals surface area contributed by atoms with Crippen LogP contribution in [0.4, 0.5) is 0 Å². The van der Waals surface area contributed by atoms with Gasteiger partial charge in [-0.3, -0.25) is 0 Å². The van der Waals surface area contributed by atoms with Crippen LogP contribution in [0, 0.1) is 17.8 Å². The molecule has 1 aliphatic carbocycles. The number of hydrogen-bond acceptors (Lipinski definition) is 1. The first-order valence-electron chi connectivity index (χ1n) is 7.50. The van der Waals surface area contributed by atoms with Crippen molar-refractivity contribution in [3.05, 3.63) is 81.5 Å². The monoisotopic (exact) mass is 364 g/mol. The molecule has 0 saturated carbocycles. The predicted molar refractivity (Wildman–Crippen MR) is 99.7 cm³/mol. The molecule has 0 heterocycles. The zero-order chi connectivity index (χ0) is 16.2. The molecule has 2 heteroatoms. The van der Waals surface area contributed by atoms with Crippen molar-refractivity contribution in [2.24, 2.45) is 5.92 Å². The van der Waals surface area contributed by atoms with Crippen molar-refractivity contribution in [1.82, 2.24) is 0 Å². The Hall–Kier alpha value is -2.24. The largest absolute Gasteiger partial charge is 0.504 e. The van der Waals surface area contributed by atoms with E-state index in [9.17, 15) is 0 Å². The molecule has 0 fully saturated rings. The van der Waals surface area contributed by atoms with E-state index in [1.165, 1.54) is 16.7 Å². The molecule has 1 nitrogen and oxygen atoms in total. The van der Waals surface area contributed by atoms with E-state index >= 15 is 0 Å². The molecule has 3 rings (SSSR count). The number of benzene rings is 2. The van der Waals surface area contributed by atoms with Crippen LogP contribution in [0.5, 0.6) is 0 Å². The summed E-state index contributed by atoms with van der Waals surface area (Å²) in [7, 11) is 1.69. The van der Waals surface area contributed by atoms with Gasteiger partial charge in [0.2, 0.25) is 0 Å². The summed E-state index contributed by atoms with van der Waals surface area (Å²) in [4.78, 5) is 0. The normalized spacial score (nSPS) is 17.3. The van der Waals surface area contributed by atoms with Gasteiger partial charge in [-0.15, -0.1) is 0 Å². The van der Waals surface area contributed by atoms with E-state index in [1.54, 1.807) is 7.11 Å². The zero-order valence-electron chi connectivity index (χ0n) is 13.1. The highest BCUT2D eigenvalue weighted by atomic mass is 79.9. The molecule has 1 atom stereocenters. The van der Waals surface area contributed by atoms with E-state index in [2.05, 4.69) is 65.0 Å². The van der Waals surface area contributed by atoms with E-state index in [0.29, 0.717) is 5.92 Å². The molecule has 0 bridgehead atoms. The third kappa shape index (κ3) is 3.57. The average Bonchev–Trinajstić information content (AvgIpc) is 2.56. The van der Waals surface area contributed by atoms with Crippen LogP contribution in [0.1, 0.15) is 29.2 Å². The first-order chi connectivity index (χ1) is 11.2. The van der Waals surface area contributed by atoms with Crippen molar-refractivity contribution < 1.29 is 4.74 Å². The summed E-state index contributed by atoms with van der Waals surface area (Å²) >= 11 is 3.47. The molecule has 0 radical (unpaired) electrons. The van der Waals surface area contributed by atoms with Gasteiger partial charge in [-0.05, 0) is 41.5 Å². The quantitative estimate of drug-likeness (QED) is 0.479. The van der Waals surface area contributed by atoms with Crippen molar-refractivity contribution >= 4 is 27.6 Å². The molecule has 1 unspecified atom stereocenters. The summed E-state index contributed by atoms with van der Waals surface area (Å²) in [5.74, 6) is 6.81. The standard InChI is InChI=1S/C21H17BrO/c1-15-6-10-18-11-9-17(13-20(18)21(15)14-23-2)8-7-16-4-3-5-19(22)12-16/h3-6,9-15H,1-2H3/b21-14+. The Bertz CT molecular complexity index is 850. The molecule has 2 aromatic carbocycles. The van der Waals surface area contributed by atoms with Crippen molar-refractivity contribution in [3.8, 4) is 11.8 Å². The van der Waals surface area contributed by atoms with E-state index in [4.69, 9.17) is 4.74 Å². The van der Waals surface area contributed by atoms with Crippen LogP contribution in [0.15, 0.2) is 59.3 Å². The second-order valence-electron chi connectivity index (χ2n) is 5.52. The molecule has 0 aliphatic heterocycles. The molecule has 0 N–H and O–H groups in total. The van der Waals surface area contributed by atoms with Gasteiger partial charge in [-0.25, -0.2) is 0 Å². The SMILES string of the molecule is CO/C=C1/c2cc(C#Cc3cccc(Br)c3)ccc2C=CC1C. The molecule has 2 aromatic rings. The average molecular weight is 365 g/mol. The summed E-state index contributed by atoms with van der Waals surface area (Å²) in [6, 6.07) is 14.3. The van der Waals surface area contributed by atoms with Crippen LogP contribution < -0.4 is 0 Å². The minimum atomic E-state index is 0.343. The number of fused-ring (bicyclic) bond motifs is 1. The van der Waals surface area contributed by atoms with Crippen molar-refractivity contribution in [2.45, 2.75) is 6.92 Å². The van der Waals surface area contributed by atoms with Gasteiger partial charge in [-0.1, -0.05) is 59.0 Å². The molecular formula is C21H17BrO. The highest BCUT2D eigenvalue weighted by Gasteiger charge is 2.16. The summed E-state index contributed by atoms with van der Waals surface area (Å²) in [5.41, 5.74) is 5.60. The smallest absolute Gasteiger partial charge is 0.0868 e. The molecule has 23 heavy (non-hydrogen) atoms. The van der Waals surface area contributed by atoms with Crippen molar-refractivity contribution in [3.63, 3.8) is 0 Å². The topological polar surface area (TPSA) is 9.23 Å². The lowest BCUT2D eigenvalue weighted by Crippen LogP contribution is -2.03. The zero-order valence-corrected chi connectivity index (χ0v) is 14.7. The van der Waals surface area contributed by atoms with Crippen LogP contribution in [-0.2, 0) is 4.74 Å². The third-order valence-corrected chi connectivity index (χ3v) is 4.33. The number of rotatable bonds is 1. The fourth-order valence-electron chi connectivity index (χ4n) is 2.63. The number of methoxy groups -OCH3 is 1. The summed E-state index contributed by atoms with van der Waals surface area (Å²) < 4.78 is 6.29. The maximum Gasteiger partial charge on any atom is 0.0868 e. The van der Waals surface area contributed by atoms with E-state index < -0.39 is 0 Å². The molecular weight excluding hydrogens is 348 g/mol. The van der Waals surface area contributed by atoms with Gasteiger partial charge in [0.05, 0.1) is 13.4 Å². The molecule has 0 saturated heterocycles. The lowest BCUT2D eigenvalue weighted by Gasteiger charge is -2.20. The number of ether oxygens (including phenoxy) is 1. The van der Waals surface area contributed by atoms with Crippen LogP contribution in [0.3, 0.4) is 0 Å². The first kappa shape index (κ1) is 15.6. The number of halogens is 1. The van der Waals surface area contributed by atoms with E-state index in [0.717, 1.165) is 15.6 Å². The highest BCUT2D eigenvalue weighted by molar-refractivity contribution is 9.10. The van der Waals surface area contributed by atoms with Gasteiger partial charge in [0, 0.05) is 27.1 Å². The molecule has 1 aliphatic rings. The predicted octanol–water partition coefficient (Wildman–Crippen LogP) is 5.50. The Morgan fingerprint density at radius 1 is 1.09 bits per heavy atom. The van der Waals surface area contributed by atoms with Gasteiger partial charge in [-0.2, -0.15) is 0 Å². The van der Waals surface area contributed by atoms with Gasteiger partial charge in [0.15, 0.2) is 0 Å². The van der Waals surface area contributed by atoms with Crippen LogP contribution >= 0.6 is 15.9 Å². The van der Waals surface area contributed by atoms with E-state index in [1.807, 2.05) is 30.5 Å². The summed E-state index contributed by atoms with van der Waals surface area (Å²) in [6.07, 6.45) is 6.19. The summed E-state index contributed by atoms with van der Waals surface area (Å²) in [6.45, 7) is 2.17. The van der Waals surface area contributed by atoms with Crippen molar-refractivity contribution in [1.29, 1.82) is 0 Å². The van der Waals surface area contributed by atoms with Crippen LogP contribution in [-0.4, -0.2) is 7.11 Å². The molecule has 114 valence electrons. The maximum absolute atomic E-state index is 5.25. The van der Waals surface area contributed by atoms with Gasteiger partial charge >= 0.3 is 0 Å². The second kappa shape index (κ2) is 6.89. The minimum Gasteiger partial charge on any atom is -0.504 e. The molecule has 0 spiro atoms.